The minimum atomic E-state index is -1.19. The Labute approximate surface area is 151 Å². The van der Waals surface area contributed by atoms with E-state index < -0.39 is 23.8 Å². The highest BCUT2D eigenvalue weighted by molar-refractivity contribution is 6.17. The number of benzene rings is 1. The summed E-state index contributed by atoms with van der Waals surface area (Å²) in [5.74, 6) is -1.32. The van der Waals surface area contributed by atoms with Gasteiger partial charge in [0.05, 0.1) is 14.2 Å². The second kappa shape index (κ2) is 8.19. The number of ether oxygens (including phenoxy) is 2. The maximum absolute atomic E-state index is 12.4. The minimum absolute atomic E-state index is 0.00874. The van der Waals surface area contributed by atoms with E-state index in [2.05, 4.69) is 23.8 Å². The van der Waals surface area contributed by atoms with Gasteiger partial charge >= 0.3 is 6.03 Å². The topological polar surface area (TPSA) is 97.0 Å². The Kier molecular flexibility index (Phi) is 6.00. The number of barbiturate groups is 1. The summed E-state index contributed by atoms with van der Waals surface area (Å²) in [5, 5.41) is 5.11. The smallest absolute Gasteiger partial charge is 0.331 e. The van der Waals surface area contributed by atoms with Gasteiger partial charge in [-0.3, -0.25) is 19.8 Å². The van der Waals surface area contributed by atoms with Crippen LogP contribution in [0.3, 0.4) is 0 Å². The number of methoxy groups -OCH3 is 2. The van der Waals surface area contributed by atoms with Gasteiger partial charge in [-0.2, -0.15) is 0 Å². The van der Waals surface area contributed by atoms with Crippen molar-refractivity contribution in [1.82, 2.24) is 15.5 Å². The van der Waals surface area contributed by atoms with E-state index in [4.69, 9.17) is 9.47 Å². The Morgan fingerprint density at radius 3 is 2.38 bits per heavy atom. The van der Waals surface area contributed by atoms with Gasteiger partial charge in [0.15, 0.2) is 5.92 Å². The molecular weight excluding hydrogens is 338 g/mol. The zero-order chi connectivity index (χ0) is 19.3. The Morgan fingerprint density at radius 1 is 1.23 bits per heavy atom. The molecule has 0 bridgehead atoms. The molecule has 0 aromatic heterocycles. The van der Waals surface area contributed by atoms with E-state index in [1.807, 2.05) is 0 Å². The lowest BCUT2D eigenvalue weighted by molar-refractivity contribution is -0.140. The largest absolute Gasteiger partial charge is 0.497 e. The quantitative estimate of drug-likeness (QED) is 0.535. The summed E-state index contributed by atoms with van der Waals surface area (Å²) in [4.78, 5) is 37.2. The van der Waals surface area contributed by atoms with Crippen molar-refractivity contribution in [2.45, 2.75) is 6.54 Å². The summed E-state index contributed by atoms with van der Waals surface area (Å²) in [6.07, 6.45) is 1.41. The number of imide groups is 2. The third-order valence-electron chi connectivity index (χ3n) is 3.84. The van der Waals surface area contributed by atoms with Crippen molar-refractivity contribution in [3.8, 4) is 11.5 Å². The van der Waals surface area contributed by atoms with Gasteiger partial charge in [-0.1, -0.05) is 12.7 Å². The van der Waals surface area contributed by atoms with E-state index in [0.717, 1.165) is 10.5 Å². The highest BCUT2D eigenvalue weighted by Crippen LogP contribution is 2.23. The van der Waals surface area contributed by atoms with Crippen molar-refractivity contribution in [2.75, 3.05) is 20.8 Å². The number of nitrogens with one attached hydrogen (secondary N) is 2. The van der Waals surface area contributed by atoms with Gasteiger partial charge in [-0.05, 0) is 17.7 Å². The van der Waals surface area contributed by atoms with Crippen molar-refractivity contribution in [3.63, 3.8) is 0 Å². The van der Waals surface area contributed by atoms with E-state index >= 15 is 0 Å². The van der Waals surface area contributed by atoms with Gasteiger partial charge in [0, 0.05) is 24.9 Å². The Bertz CT molecular complexity index is 737. The zero-order valence-corrected chi connectivity index (χ0v) is 14.7. The third-order valence-corrected chi connectivity index (χ3v) is 3.84. The normalized spacial score (nSPS) is 16.8. The first-order chi connectivity index (χ1) is 12.4. The van der Waals surface area contributed by atoms with E-state index in [-0.39, 0.29) is 12.2 Å². The van der Waals surface area contributed by atoms with Crippen LogP contribution in [-0.2, 0) is 16.1 Å². The Morgan fingerprint density at radius 2 is 1.85 bits per heavy atom. The predicted octanol–water partition coefficient (Wildman–Crippen LogP) is 1.19. The van der Waals surface area contributed by atoms with Gasteiger partial charge in [0.1, 0.15) is 11.5 Å². The first kappa shape index (κ1) is 19.0. The molecule has 1 heterocycles. The number of carbonyl (C=O) groups is 3. The molecule has 1 atom stereocenters. The zero-order valence-electron chi connectivity index (χ0n) is 14.7. The molecule has 0 saturated carbocycles. The molecule has 8 nitrogen and oxygen atoms in total. The molecule has 0 spiro atoms. The van der Waals surface area contributed by atoms with Crippen LogP contribution in [0.2, 0.25) is 0 Å². The van der Waals surface area contributed by atoms with Crippen molar-refractivity contribution in [2.24, 2.45) is 5.92 Å². The van der Waals surface area contributed by atoms with Crippen molar-refractivity contribution in [1.29, 1.82) is 0 Å². The number of nitrogens with zero attached hydrogens (tertiary/aromatic N) is 1. The second-order valence-electron chi connectivity index (χ2n) is 5.56. The minimum Gasteiger partial charge on any atom is -0.497 e. The van der Waals surface area contributed by atoms with Gasteiger partial charge in [-0.15, -0.1) is 6.58 Å². The van der Waals surface area contributed by atoms with Crippen molar-refractivity contribution < 1.29 is 23.9 Å². The standard InChI is InChI=1S/C18H21N3O5/c1-5-6-21-17(23)15(16(22)20-18(21)24)11(2)19-10-12-7-13(25-3)9-14(8-12)26-4/h5,7-9,15,19H,1-2,6,10H2,3-4H3,(H,20,22,24)/t15-/m0/s1. The lowest BCUT2D eigenvalue weighted by Crippen LogP contribution is -2.59. The Hall–Kier alpha value is -3.29. The van der Waals surface area contributed by atoms with Crippen LogP contribution < -0.4 is 20.1 Å². The fourth-order valence-corrected chi connectivity index (χ4v) is 2.51. The fourth-order valence-electron chi connectivity index (χ4n) is 2.51. The number of urea groups is 1. The number of carbonyl (C=O) groups excluding carboxylic acids is 3. The summed E-state index contributed by atoms with van der Waals surface area (Å²) in [6.45, 7) is 7.58. The molecular formula is C18H21N3O5. The summed E-state index contributed by atoms with van der Waals surface area (Å²) < 4.78 is 10.4. The molecule has 138 valence electrons. The number of rotatable bonds is 8. The molecule has 4 amide bonds. The average Bonchev–Trinajstić information content (AvgIpc) is 2.62. The first-order valence-corrected chi connectivity index (χ1v) is 7.83. The lowest BCUT2D eigenvalue weighted by atomic mass is 10.0. The number of hydrogen-bond acceptors (Lipinski definition) is 6. The highest BCUT2D eigenvalue weighted by Gasteiger charge is 2.41. The van der Waals surface area contributed by atoms with E-state index in [1.165, 1.54) is 6.08 Å². The molecule has 0 radical (unpaired) electrons. The third kappa shape index (κ3) is 4.02. The summed E-state index contributed by atoms with van der Waals surface area (Å²) in [5.41, 5.74) is 1.00. The van der Waals surface area contributed by atoms with Crippen LogP contribution in [0.4, 0.5) is 4.79 Å². The maximum Gasteiger partial charge on any atom is 0.331 e. The van der Waals surface area contributed by atoms with Crippen LogP contribution in [0.5, 0.6) is 11.5 Å². The van der Waals surface area contributed by atoms with Crippen LogP contribution in [0.1, 0.15) is 5.56 Å². The molecule has 1 fully saturated rings. The summed E-state index contributed by atoms with van der Waals surface area (Å²) in [7, 11) is 3.09. The van der Waals surface area contributed by atoms with Gasteiger partial charge < -0.3 is 14.8 Å². The summed E-state index contributed by atoms with van der Waals surface area (Å²) >= 11 is 0. The first-order valence-electron chi connectivity index (χ1n) is 7.83. The molecule has 2 N–H and O–H groups in total. The maximum atomic E-state index is 12.4. The van der Waals surface area contributed by atoms with Crippen molar-refractivity contribution >= 4 is 17.8 Å². The molecule has 26 heavy (non-hydrogen) atoms. The lowest BCUT2D eigenvalue weighted by Gasteiger charge is -2.30. The molecule has 1 aromatic carbocycles. The van der Waals surface area contributed by atoms with Crippen LogP contribution >= 0.6 is 0 Å². The van der Waals surface area contributed by atoms with Gasteiger partial charge in [0.2, 0.25) is 11.8 Å². The highest BCUT2D eigenvalue weighted by atomic mass is 16.5. The van der Waals surface area contributed by atoms with E-state index in [9.17, 15) is 14.4 Å². The van der Waals surface area contributed by atoms with Crippen LogP contribution in [0.25, 0.3) is 0 Å². The number of amides is 4. The average molecular weight is 359 g/mol. The predicted molar refractivity (Wildman–Crippen MR) is 94.5 cm³/mol. The molecule has 1 saturated heterocycles. The molecule has 0 unspecified atom stereocenters. The fraction of sp³-hybridized carbons (Fsp3) is 0.278. The molecule has 1 aliphatic rings. The van der Waals surface area contributed by atoms with Crippen molar-refractivity contribution in [3.05, 3.63) is 48.7 Å². The molecule has 2 rings (SSSR count). The van der Waals surface area contributed by atoms with Gasteiger partial charge in [-0.25, -0.2) is 4.79 Å². The molecule has 8 heteroatoms. The summed E-state index contributed by atoms with van der Waals surface area (Å²) in [6, 6.07) is 4.55. The monoisotopic (exact) mass is 359 g/mol. The Balaban J connectivity index is 2.11. The van der Waals surface area contributed by atoms with Crippen LogP contribution in [0.15, 0.2) is 43.1 Å². The van der Waals surface area contributed by atoms with E-state index in [0.29, 0.717) is 18.0 Å². The molecule has 0 aliphatic carbocycles. The SMILES string of the molecule is C=CCN1C(=O)NC(=O)[C@H](C(=C)NCc2cc(OC)cc(OC)c2)C1=O. The second-order valence-corrected chi connectivity index (χ2v) is 5.56. The number of hydrogen-bond donors (Lipinski definition) is 2. The van der Waals surface area contributed by atoms with Crippen LogP contribution in [-0.4, -0.2) is 43.5 Å². The van der Waals surface area contributed by atoms with E-state index in [1.54, 1.807) is 32.4 Å². The van der Waals surface area contributed by atoms with Gasteiger partial charge in [0.25, 0.3) is 0 Å². The van der Waals surface area contributed by atoms with Crippen LogP contribution in [0, 0.1) is 5.92 Å². The molecule has 1 aromatic rings. The molecule has 1 aliphatic heterocycles.